The van der Waals surface area contributed by atoms with E-state index in [4.69, 9.17) is 0 Å². The lowest BCUT2D eigenvalue weighted by Gasteiger charge is -2.13. The molecule has 2 N–H and O–H groups in total. The summed E-state index contributed by atoms with van der Waals surface area (Å²) in [5.41, 5.74) is 1.99. The molecule has 0 bridgehead atoms. The number of aryl methyl sites for hydroxylation is 1. The smallest absolute Gasteiger partial charge is 0.269 e. The van der Waals surface area contributed by atoms with E-state index in [9.17, 15) is 9.59 Å². The van der Waals surface area contributed by atoms with Crippen LogP contribution in [0, 0.1) is 5.92 Å². The predicted octanol–water partition coefficient (Wildman–Crippen LogP) is 1.47. The molecule has 0 radical (unpaired) electrons. The zero-order valence-electron chi connectivity index (χ0n) is 13.0. The number of carbonyl (C=O) groups excluding carboxylic acids is 1. The minimum absolute atomic E-state index is 0.00881. The monoisotopic (exact) mass is 303 g/mol. The van der Waals surface area contributed by atoms with Crippen molar-refractivity contribution in [3.63, 3.8) is 0 Å². The molecule has 1 aliphatic heterocycles. The maximum absolute atomic E-state index is 12.3. The molecule has 1 amide bonds. The van der Waals surface area contributed by atoms with Gasteiger partial charge in [0, 0.05) is 24.4 Å². The van der Waals surface area contributed by atoms with Crippen LogP contribution in [0.25, 0.3) is 0 Å². The fourth-order valence-corrected chi connectivity index (χ4v) is 3.26. The molecular formula is C15H21N5O2. The molecule has 0 aromatic carbocycles. The zero-order chi connectivity index (χ0) is 15.7. The van der Waals surface area contributed by atoms with E-state index in [0.717, 1.165) is 36.9 Å². The van der Waals surface area contributed by atoms with Gasteiger partial charge in [-0.15, -0.1) is 0 Å². The Morgan fingerprint density at radius 2 is 2.09 bits per heavy atom. The van der Waals surface area contributed by atoms with Crippen molar-refractivity contribution in [3.8, 4) is 0 Å². The van der Waals surface area contributed by atoms with E-state index in [2.05, 4.69) is 25.7 Å². The van der Waals surface area contributed by atoms with Crippen LogP contribution < -0.4 is 10.9 Å². The van der Waals surface area contributed by atoms with Gasteiger partial charge in [-0.05, 0) is 31.2 Å². The number of hydrogen-bond acceptors (Lipinski definition) is 5. The summed E-state index contributed by atoms with van der Waals surface area (Å²) in [4.78, 5) is 24.3. The Bertz CT molecular complexity index is 673. The number of nitrogens with zero attached hydrogens (tertiary/aromatic N) is 3. The standard InChI is InChI=1S/C15H21N5O2/c1-3-10-11(14(22)18-17-12(10)4-2)8-16-13(21)9-5-6-15(7-9)19-20-15/h9H,3-8H2,1-2H3,(H,16,21)(H,18,22). The van der Waals surface area contributed by atoms with Crippen molar-refractivity contribution in [2.24, 2.45) is 16.1 Å². The van der Waals surface area contributed by atoms with Crippen molar-refractivity contribution >= 4 is 5.91 Å². The Kier molecular flexibility index (Phi) is 3.80. The normalized spacial score (nSPS) is 21.3. The molecule has 1 aromatic rings. The number of rotatable bonds is 5. The molecule has 2 heterocycles. The minimum atomic E-state index is -0.250. The lowest BCUT2D eigenvalue weighted by Crippen LogP contribution is -2.33. The summed E-state index contributed by atoms with van der Waals surface area (Å²) in [5.74, 6) is -0.0582. The molecule has 1 aromatic heterocycles. The minimum Gasteiger partial charge on any atom is -0.352 e. The van der Waals surface area contributed by atoms with Crippen LogP contribution in [0.5, 0.6) is 0 Å². The second-order valence-corrected chi connectivity index (χ2v) is 6.00. The van der Waals surface area contributed by atoms with E-state index in [1.54, 1.807) is 0 Å². The van der Waals surface area contributed by atoms with Crippen LogP contribution in [0.2, 0.25) is 0 Å². The second kappa shape index (κ2) is 5.62. The van der Waals surface area contributed by atoms with Gasteiger partial charge in [0.05, 0.1) is 5.69 Å². The first-order valence-electron chi connectivity index (χ1n) is 7.89. The largest absolute Gasteiger partial charge is 0.352 e. The second-order valence-electron chi connectivity index (χ2n) is 6.00. The number of aromatic amines is 1. The molecular weight excluding hydrogens is 282 g/mol. The maximum atomic E-state index is 12.3. The van der Waals surface area contributed by atoms with Gasteiger partial charge in [-0.2, -0.15) is 15.3 Å². The molecule has 1 unspecified atom stereocenters. The van der Waals surface area contributed by atoms with Gasteiger partial charge in [-0.3, -0.25) is 9.59 Å². The third-order valence-corrected chi connectivity index (χ3v) is 4.63. The third-order valence-electron chi connectivity index (χ3n) is 4.63. The van der Waals surface area contributed by atoms with Gasteiger partial charge < -0.3 is 5.32 Å². The molecule has 118 valence electrons. The zero-order valence-corrected chi connectivity index (χ0v) is 13.0. The molecule has 0 saturated heterocycles. The molecule has 7 nitrogen and oxygen atoms in total. The molecule has 1 atom stereocenters. The van der Waals surface area contributed by atoms with Crippen LogP contribution in [0.4, 0.5) is 0 Å². The van der Waals surface area contributed by atoms with Crippen LogP contribution in [0.1, 0.15) is 49.9 Å². The van der Waals surface area contributed by atoms with Crippen LogP contribution in [-0.4, -0.2) is 21.8 Å². The van der Waals surface area contributed by atoms with Crippen LogP contribution >= 0.6 is 0 Å². The summed E-state index contributed by atoms with van der Waals surface area (Å²) in [6.45, 7) is 4.26. The summed E-state index contributed by atoms with van der Waals surface area (Å²) >= 11 is 0. The molecule has 1 spiro atoms. The Labute approximate surface area is 128 Å². The number of hydrogen-bond donors (Lipinski definition) is 2. The predicted molar refractivity (Wildman–Crippen MR) is 80.4 cm³/mol. The molecule has 1 saturated carbocycles. The Hall–Kier alpha value is -2.05. The molecule has 3 rings (SSSR count). The lowest BCUT2D eigenvalue weighted by atomic mass is 10.0. The summed E-state index contributed by atoms with van der Waals surface area (Å²) < 4.78 is 0. The molecule has 22 heavy (non-hydrogen) atoms. The lowest BCUT2D eigenvalue weighted by molar-refractivity contribution is -0.125. The Morgan fingerprint density at radius 1 is 1.32 bits per heavy atom. The van der Waals surface area contributed by atoms with E-state index >= 15 is 0 Å². The van der Waals surface area contributed by atoms with Crippen molar-refractivity contribution in [3.05, 3.63) is 27.2 Å². The highest BCUT2D eigenvalue weighted by atomic mass is 16.2. The number of amides is 1. The highest BCUT2D eigenvalue weighted by Crippen LogP contribution is 2.46. The number of aromatic nitrogens is 2. The van der Waals surface area contributed by atoms with E-state index in [0.29, 0.717) is 12.0 Å². The van der Waals surface area contributed by atoms with Gasteiger partial charge in [0.1, 0.15) is 0 Å². The average Bonchev–Trinajstić information content (AvgIpc) is 3.14. The topological polar surface area (TPSA) is 99.6 Å². The first-order chi connectivity index (χ1) is 10.6. The van der Waals surface area contributed by atoms with Crippen molar-refractivity contribution in [2.75, 3.05) is 0 Å². The Morgan fingerprint density at radius 3 is 2.68 bits per heavy atom. The van der Waals surface area contributed by atoms with Gasteiger partial charge in [0.15, 0.2) is 5.66 Å². The highest BCUT2D eigenvalue weighted by molar-refractivity contribution is 5.79. The third kappa shape index (κ3) is 2.67. The highest BCUT2D eigenvalue weighted by Gasteiger charge is 2.49. The summed E-state index contributed by atoms with van der Waals surface area (Å²) in [6, 6.07) is 0. The quantitative estimate of drug-likeness (QED) is 0.861. The fourth-order valence-electron chi connectivity index (χ4n) is 3.26. The van der Waals surface area contributed by atoms with Crippen molar-refractivity contribution in [1.29, 1.82) is 0 Å². The van der Waals surface area contributed by atoms with Crippen LogP contribution in [0.15, 0.2) is 15.0 Å². The van der Waals surface area contributed by atoms with Crippen molar-refractivity contribution in [2.45, 2.75) is 58.2 Å². The molecule has 7 heteroatoms. The van der Waals surface area contributed by atoms with E-state index in [1.165, 1.54) is 0 Å². The van der Waals surface area contributed by atoms with E-state index < -0.39 is 0 Å². The number of H-pyrrole nitrogens is 1. The number of carbonyl (C=O) groups is 1. The summed E-state index contributed by atoms with van der Waals surface area (Å²) in [5, 5.41) is 17.6. The SMILES string of the molecule is CCc1n[nH]c(=O)c(CNC(=O)C2CCC3(C2)N=N3)c1CC. The molecule has 2 aliphatic rings. The van der Waals surface area contributed by atoms with E-state index in [-0.39, 0.29) is 29.6 Å². The van der Waals surface area contributed by atoms with Crippen LogP contribution in [-0.2, 0) is 24.2 Å². The fraction of sp³-hybridized carbons (Fsp3) is 0.667. The average molecular weight is 303 g/mol. The van der Waals surface area contributed by atoms with Crippen molar-refractivity contribution < 1.29 is 4.79 Å². The van der Waals surface area contributed by atoms with Gasteiger partial charge in [0.25, 0.3) is 5.56 Å². The van der Waals surface area contributed by atoms with Gasteiger partial charge >= 0.3 is 0 Å². The van der Waals surface area contributed by atoms with Gasteiger partial charge in [0.2, 0.25) is 5.91 Å². The van der Waals surface area contributed by atoms with Gasteiger partial charge in [-0.1, -0.05) is 13.8 Å². The van der Waals surface area contributed by atoms with E-state index in [1.807, 2.05) is 13.8 Å². The maximum Gasteiger partial charge on any atom is 0.269 e. The first-order valence-corrected chi connectivity index (χ1v) is 7.89. The van der Waals surface area contributed by atoms with Crippen LogP contribution in [0.3, 0.4) is 0 Å². The molecule has 1 aliphatic carbocycles. The summed E-state index contributed by atoms with van der Waals surface area (Å²) in [7, 11) is 0. The molecule has 1 fully saturated rings. The van der Waals surface area contributed by atoms with Gasteiger partial charge in [-0.25, -0.2) is 5.10 Å². The summed E-state index contributed by atoms with van der Waals surface area (Å²) in [6.07, 6.45) is 3.87. The number of nitrogens with one attached hydrogen (secondary N) is 2. The first kappa shape index (κ1) is 14.9. The van der Waals surface area contributed by atoms with Crippen molar-refractivity contribution in [1.82, 2.24) is 15.5 Å². The Balaban J connectivity index is 1.68.